The van der Waals surface area contributed by atoms with Crippen LogP contribution >= 0.6 is 11.8 Å². The van der Waals surface area contributed by atoms with Crippen molar-refractivity contribution in [1.82, 2.24) is 10.2 Å². The second-order valence-corrected chi connectivity index (χ2v) is 18.9. The normalized spacial score (nSPS) is 47.9. The van der Waals surface area contributed by atoms with E-state index in [9.17, 15) is 35.4 Å². The van der Waals surface area contributed by atoms with Gasteiger partial charge in [-0.2, -0.15) is 11.8 Å². The molecular formula is C40H76N2O13S. The number of aliphatic hydroxyl groups excluding tert-OH is 3. The molecule has 15 nitrogen and oxygen atoms in total. The molecule has 3 fully saturated rings. The molecule has 56 heavy (non-hydrogen) atoms. The minimum absolute atomic E-state index is 0.0504. The molecule has 0 unspecified atom stereocenters. The molecule has 330 valence electrons. The van der Waals surface area contributed by atoms with Crippen molar-refractivity contribution in [3.8, 4) is 0 Å². The standard InChI is InChI=1S/C40H76N2O13S/c1-14-29-39(10,48)33(45)26(6)41-20-22(2)18-37(8,47)34(55-36-31(44)28(42(11)12)17-23(3)51-36)24(4)32(25(5)35(46)53-29)54-30-19-38(9,50-13)40(49,27(7)52-30)21-56-16-15-43/h22-34,36,41,43-45,47-49H,14-21H2,1-13H3/t22-,23-,24+,25-,26+,27+,28+,29+,30+,31-,32+,33-,34-,36+,37+,38-,39-,40-/m1/s1. The highest BCUT2D eigenvalue weighted by Gasteiger charge is 2.58. The number of carbonyl (C=O) groups excluding carboxylic acids is 1. The Morgan fingerprint density at radius 2 is 1.62 bits per heavy atom. The zero-order chi connectivity index (χ0) is 42.6. The number of nitrogens with one attached hydrogen (secondary N) is 1. The van der Waals surface area contributed by atoms with Gasteiger partial charge < -0.3 is 69.3 Å². The van der Waals surface area contributed by atoms with E-state index in [1.165, 1.54) is 25.8 Å². The van der Waals surface area contributed by atoms with Crippen LogP contribution in [0.4, 0.5) is 0 Å². The van der Waals surface area contributed by atoms with Gasteiger partial charge in [0.15, 0.2) is 12.6 Å². The van der Waals surface area contributed by atoms with Crippen molar-refractivity contribution in [1.29, 1.82) is 0 Å². The van der Waals surface area contributed by atoms with Crippen LogP contribution in [0.25, 0.3) is 0 Å². The van der Waals surface area contributed by atoms with Crippen LogP contribution in [-0.2, 0) is 33.2 Å². The Morgan fingerprint density at radius 3 is 2.20 bits per heavy atom. The maximum atomic E-state index is 14.3. The lowest BCUT2D eigenvalue weighted by Gasteiger charge is -2.53. The minimum atomic E-state index is -1.83. The first-order valence-corrected chi connectivity index (χ1v) is 21.5. The summed E-state index contributed by atoms with van der Waals surface area (Å²) in [6, 6.07) is -0.897. The molecule has 0 bridgehead atoms. The third-order valence-electron chi connectivity index (χ3n) is 12.8. The molecule has 0 aliphatic carbocycles. The van der Waals surface area contributed by atoms with Gasteiger partial charge in [-0.1, -0.05) is 20.8 Å². The zero-order valence-corrected chi connectivity index (χ0v) is 37.0. The number of hydrogen-bond acceptors (Lipinski definition) is 16. The van der Waals surface area contributed by atoms with Gasteiger partial charge in [-0.05, 0) is 94.3 Å². The van der Waals surface area contributed by atoms with Gasteiger partial charge in [-0.15, -0.1) is 0 Å². The predicted octanol–water partition coefficient (Wildman–Crippen LogP) is 1.65. The number of rotatable bonds is 11. The number of cyclic esters (lactones) is 1. The number of methoxy groups -OCH3 is 1. The maximum Gasteiger partial charge on any atom is 0.311 e. The SMILES string of the molecule is CC[C@@H]1OC(=O)[C@H](C)[C@@H](O[C@H]2C[C@@](C)(OC)[C@@](O)(CSCCO)[C@H](C)O2)[C@H](C)[C@@H](O[C@@H]2O[C@H](C)C[C@H](N(C)C)[C@H]2O)[C@@](C)(O)C[C@@H](C)CN[C@@H](C)[C@@H](O)[C@]1(C)O. The molecule has 0 aromatic heterocycles. The number of esters is 1. The van der Waals surface area contributed by atoms with Crippen molar-refractivity contribution in [2.45, 2.75) is 185 Å². The first kappa shape index (κ1) is 49.7. The predicted molar refractivity (Wildman–Crippen MR) is 213 cm³/mol. The fourth-order valence-corrected chi connectivity index (χ4v) is 10.1. The van der Waals surface area contributed by atoms with Crippen LogP contribution in [0.2, 0.25) is 0 Å². The van der Waals surface area contributed by atoms with Gasteiger partial charge in [0, 0.05) is 43.0 Å². The van der Waals surface area contributed by atoms with E-state index in [2.05, 4.69) is 5.32 Å². The number of likely N-dealkylation sites (N-methyl/N-ethyl adjacent to an activating group) is 1. The maximum absolute atomic E-state index is 14.3. The molecule has 0 amide bonds. The molecular weight excluding hydrogens is 749 g/mol. The van der Waals surface area contributed by atoms with E-state index in [1.54, 1.807) is 48.5 Å². The highest BCUT2D eigenvalue weighted by molar-refractivity contribution is 7.99. The zero-order valence-electron chi connectivity index (χ0n) is 36.1. The third kappa shape index (κ3) is 11.2. The Bertz CT molecular complexity index is 1230. The van der Waals surface area contributed by atoms with Crippen LogP contribution in [0, 0.1) is 17.8 Å². The van der Waals surface area contributed by atoms with Crippen molar-refractivity contribution < 1.29 is 63.9 Å². The second-order valence-electron chi connectivity index (χ2n) is 17.8. The highest BCUT2D eigenvalue weighted by Crippen LogP contribution is 2.44. The fourth-order valence-electron chi connectivity index (χ4n) is 8.98. The molecule has 3 saturated heterocycles. The average Bonchev–Trinajstić information content (AvgIpc) is 3.12. The van der Waals surface area contributed by atoms with Gasteiger partial charge in [0.2, 0.25) is 0 Å². The Hall–Kier alpha value is -0.700. The van der Waals surface area contributed by atoms with E-state index >= 15 is 0 Å². The van der Waals surface area contributed by atoms with E-state index < -0.39 is 95.5 Å². The van der Waals surface area contributed by atoms with Crippen molar-refractivity contribution in [2.75, 3.05) is 45.9 Å². The molecule has 3 heterocycles. The van der Waals surface area contributed by atoms with Crippen molar-refractivity contribution in [2.24, 2.45) is 17.8 Å². The molecule has 0 aromatic carbocycles. The Kier molecular flexibility index (Phi) is 17.9. The largest absolute Gasteiger partial charge is 0.459 e. The molecule has 3 aliphatic heterocycles. The molecule has 16 heteroatoms. The Morgan fingerprint density at radius 1 is 0.982 bits per heavy atom. The smallest absolute Gasteiger partial charge is 0.311 e. The highest BCUT2D eigenvalue weighted by atomic mass is 32.2. The third-order valence-corrected chi connectivity index (χ3v) is 13.9. The topological polar surface area (TPSA) is 209 Å². The van der Waals surface area contributed by atoms with E-state index in [4.69, 9.17) is 28.4 Å². The summed E-state index contributed by atoms with van der Waals surface area (Å²) < 4.78 is 38.2. The first-order valence-electron chi connectivity index (χ1n) is 20.4. The van der Waals surface area contributed by atoms with Crippen LogP contribution in [0.5, 0.6) is 0 Å². The van der Waals surface area contributed by atoms with E-state index in [0.29, 0.717) is 18.7 Å². The second kappa shape index (κ2) is 20.2. The van der Waals surface area contributed by atoms with E-state index in [0.717, 1.165) is 0 Å². The minimum Gasteiger partial charge on any atom is -0.459 e. The van der Waals surface area contributed by atoms with Crippen LogP contribution in [0.3, 0.4) is 0 Å². The summed E-state index contributed by atoms with van der Waals surface area (Å²) in [6.07, 6.45) is -7.82. The first-order chi connectivity index (χ1) is 25.9. The van der Waals surface area contributed by atoms with Gasteiger partial charge in [-0.3, -0.25) is 4.79 Å². The molecule has 3 rings (SSSR count). The van der Waals surface area contributed by atoms with E-state index in [1.807, 2.05) is 32.8 Å². The van der Waals surface area contributed by atoms with Crippen LogP contribution in [-0.4, -0.2) is 177 Å². The lowest BCUT2D eigenvalue weighted by molar-refractivity contribution is -0.333. The average molecular weight is 825 g/mol. The molecule has 7 N–H and O–H groups in total. The van der Waals surface area contributed by atoms with Gasteiger partial charge in [0.05, 0.1) is 42.5 Å². The van der Waals surface area contributed by atoms with Gasteiger partial charge in [-0.25, -0.2) is 0 Å². The molecule has 0 saturated carbocycles. The number of ether oxygens (including phenoxy) is 6. The summed E-state index contributed by atoms with van der Waals surface area (Å²) >= 11 is 1.37. The van der Waals surface area contributed by atoms with E-state index in [-0.39, 0.29) is 49.7 Å². The van der Waals surface area contributed by atoms with Crippen molar-refractivity contribution in [3.63, 3.8) is 0 Å². The van der Waals surface area contributed by atoms with Crippen molar-refractivity contribution in [3.05, 3.63) is 0 Å². The van der Waals surface area contributed by atoms with Crippen LogP contribution in [0.15, 0.2) is 0 Å². The quantitative estimate of drug-likeness (QED) is 0.117. The monoisotopic (exact) mass is 825 g/mol. The number of aliphatic hydroxyl groups is 6. The molecule has 18 atom stereocenters. The number of carbonyl (C=O) groups is 1. The summed E-state index contributed by atoms with van der Waals surface area (Å²) in [5.74, 6) is -2.10. The van der Waals surface area contributed by atoms with Crippen molar-refractivity contribution >= 4 is 17.7 Å². The molecule has 0 aromatic rings. The van der Waals surface area contributed by atoms with Gasteiger partial charge >= 0.3 is 5.97 Å². The number of hydrogen-bond donors (Lipinski definition) is 7. The lowest BCUT2D eigenvalue weighted by Crippen LogP contribution is -2.68. The summed E-state index contributed by atoms with van der Waals surface area (Å²) in [5.41, 5.74) is -6.06. The lowest BCUT2D eigenvalue weighted by atomic mass is 9.76. The molecule has 3 aliphatic rings. The summed E-state index contributed by atoms with van der Waals surface area (Å²) in [6.45, 7) is 17.7. The molecule has 0 radical (unpaired) electrons. The number of nitrogens with zero attached hydrogens (tertiary/aromatic N) is 1. The number of thioether (sulfide) groups is 1. The van der Waals surface area contributed by atoms with Crippen LogP contribution < -0.4 is 5.32 Å². The summed E-state index contributed by atoms with van der Waals surface area (Å²) in [7, 11) is 5.26. The summed E-state index contributed by atoms with van der Waals surface area (Å²) in [5, 5.41) is 71.8. The summed E-state index contributed by atoms with van der Waals surface area (Å²) in [4.78, 5) is 16.2. The fraction of sp³-hybridized carbons (Fsp3) is 0.975. The molecule has 0 spiro atoms. The Labute approximate surface area is 339 Å². The van der Waals surface area contributed by atoms with Gasteiger partial charge in [0.25, 0.3) is 0 Å². The van der Waals surface area contributed by atoms with Gasteiger partial charge in [0.1, 0.15) is 35.1 Å². The van der Waals surface area contributed by atoms with Crippen LogP contribution in [0.1, 0.15) is 94.9 Å². The Balaban J connectivity index is 2.16.